The fourth-order valence-electron chi connectivity index (χ4n) is 2.64. The molecule has 0 spiro atoms. The second-order valence-corrected chi connectivity index (χ2v) is 5.42. The minimum Gasteiger partial charge on any atom is -0.493 e. The van der Waals surface area contributed by atoms with Crippen LogP contribution in [0.25, 0.3) is 0 Å². The van der Waals surface area contributed by atoms with Gasteiger partial charge in [-0.1, -0.05) is 12.1 Å². The molecule has 1 amide bonds. The van der Waals surface area contributed by atoms with Crippen molar-refractivity contribution in [3.8, 4) is 5.75 Å². The summed E-state index contributed by atoms with van der Waals surface area (Å²) in [4.78, 5) is 13.4. The van der Waals surface area contributed by atoms with Gasteiger partial charge in [0.15, 0.2) is 0 Å². The number of hydrogen-bond donors (Lipinski definition) is 1. The van der Waals surface area contributed by atoms with Crippen molar-refractivity contribution in [1.82, 2.24) is 4.90 Å². The van der Waals surface area contributed by atoms with Crippen LogP contribution in [0.1, 0.15) is 25.3 Å². The number of nitrogens with zero attached hydrogens (tertiary/aromatic N) is 1. The first kappa shape index (κ1) is 16.7. The molecule has 1 aliphatic heterocycles. The minimum atomic E-state index is -3.61. The van der Waals surface area contributed by atoms with Crippen molar-refractivity contribution in [2.75, 3.05) is 26.3 Å². The monoisotopic (exact) mass is 313 g/mol. The van der Waals surface area contributed by atoms with E-state index in [0.717, 1.165) is 0 Å². The number of rotatable bonds is 5. The number of alkyl halides is 2. The largest absolute Gasteiger partial charge is 0.493 e. The molecule has 1 N–H and O–H groups in total. The molecule has 0 aliphatic carbocycles. The number of carbonyl (C=O) groups is 1. The molecule has 2 rings (SSSR count). The molecule has 1 heterocycles. The lowest BCUT2D eigenvalue weighted by Gasteiger charge is -2.33. The molecule has 0 radical (unpaired) electrons. The summed E-state index contributed by atoms with van der Waals surface area (Å²) in [5.41, 5.74) is -0.397. The number of piperidine rings is 1. The van der Waals surface area contributed by atoms with E-state index in [9.17, 15) is 13.6 Å². The zero-order valence-corrected chi connectivity index (χ0v) is 12.6. The van der Waals surface area contributed by atoms with Crippen molar-refractivity contribution >= 4 is 5.91 Å². The first-order valence-corrected chi connectivity index (χ1v) is 7.51. The molecule has 1 aromatic rings. The second-order valence-electron chi connectivity index (χ2n) is 5.42. The van der Waals surface area contributed by atoms with Crippen LogP contribution in [-0.2, 0) is 10.7 Å². The van der Waals surface area contributed by atoms with Crippen LogP contribution in [0.3, 0.4) is 0 Å². The Morgan fingerprint density at radius 3 is 2.59 bits per heavy atom. The van der Waals surface area contributed by atoms with Crippen LogP contribution in [0.15, 0.2) is 24.3 Å². The molecule has 1 saturated heterocycles. The SMILES string of the molecule is CCOc1ccccc1C(F)(F)C(=O)N1CCC(CO)CC1. The topological polar surface area (TPSA) is 49.8 Å². The average Bonchev–Trinajstić information content (AvgIpc) is 2.55. The Kier molecular flexibility index (Phi) is 5.34. The van der Waals surface area contributed by atoms with Gasteiger partial charge in [0.05, 0.1) is 12.2 Å². The molecule has 0 aromatic heterocycles. The number of hydrogen-bond acceptors (Lipinski definition) is 3. The number of halogens is 2. The van der Waals surface area contributed by atoms with E-state index >= 15 is 0 Å². The van der Waals surface area contributed by atoms with Crippen LogP contribution in [-0.4, -0.2) is 42.2 Å². The van der Waals surface area contributed by atoms with Gasteiger partial charge in [-0.25, -0.2) is 0 Å². The number of para-hydroxylation sites is 1. The summed E-state index contributed by atoms with van der Waals surface area (Å²) in [7, 11) is 0. The van der Waals surface area contributed by atoms with E-state index in [1.807, 2.05) is 0 Å². The van der Waals surface area contributed by atoms with Gasteiger partial charge in [-0.3, -0.25) is 4.79 Å². The van der Waals surface area contributed by atoms with Crippen LogP contribution in [0.2, 0.25) is 0 Å². The summed E-state index contributed by atoms with van der Waals surface area (Å²) in [6.45, 7) is 2.48. The molecule has 1 aromatic carbocycles. The van der Waals surface area contributed by atoms with Crippen molar-refractivity contribution in [1.29, 1.82) is 0 Å². The number of benzene rings is 1. The maximum Gasteiger partial charge on any atom is 0.353 e. The molecule has 22 heavy (non-hydrogen) atoms. The first-order valence-electron chi connectivity index (χ1n) is 7.51. The van der Waals surface area contributed by atoms with Gasteiger partial charge < -0.3 is 14.7 Å². The first-order chi connectivity index (χ1) is 10.5. The molecule has 1 fully saturated rings. The summed E-state index contributed by atoms with van der Waals surface area (Å²) < 4.78 is 34.4. The van der Waals surface area contributed by atoms with E-state index in [-0.39, 0.29) is 38.0 Å². The van der Waals surface area contributed by atoms with E-state index in [0.29, 0.717) is 12.8 Å². The van der Waals surface area contributed by atoms with Crippen LogP contribution in [0, 0.1) is 5.92 Å². The molecule has 122 valence electrons. The van der Waals surface area contributed by atoms with Crippen molar-refractivity contribution in [3.05, 3.63) is 29.8 Å². The van der Waals surface area contributed by atoms with Crippen molar-refractivity contribution in [2.45, 2.75) is 25.7 Å². The van der Waals surface area contributed by atoms with E-state index in [4.69, 9.17) is 9.84 Å². The van der Waals surface area contributed by atoms with Crippen molar-refractivity contribution < 1.29 is 23.4 Å². The van der Waals surface area contributed by atoms with Gasteiger partial charge in [0.1, 0.15) is 5.75 Å². The van der Waals surface area contributed by atoms with Gasteiger partial charge in [0.25, 0.3) is 5.91 Å². The minimum absolute atomic E-state index is 0.0333. The number of aliphatic hydroxyl groups excluding tert-OH is 1. The van der Waals surface area contributed by atoms with Gasteiger partial charge in [0.2, 0.25) is 0 Å². The highest BCUT2D eigenvalue weighted by Crippen LogP contribution is 2.37. The van der Waals surface area contributed by atoms with Crippen molar-refractivity contribution in [2.24, 2.45) is 5.92 Å². The molecular formula is C16H21F2NO3. The smallest absolute Gasteiger partial charge is 0.353 e. The van der Waals surface area contributed by atoms with E-state index in [1.54, 1.807) is 13.0 Å². The highest BCUT2D eigenvalue weighted by Gasteiger charge is 2.46. The summed E-state index contributed by atoms with van der Waals surface area (Å²) in [6.07, 6.45) is 1.09. The normalized spacial score (nSPS) is 16.6. The molecule has 0 unspecified atom stereocenters. The van der Waals surface area contributed by atoms with Gasteiger partial charge in [0, 0.05) is 19.7 Å². The molecule has 1 aliphatic rings. The fraction of sp³-hybridized carbons (Fsp3) is 0.562. The van der Waals surface area contributed by atoms with Crippen molar-refractivity contribution in [3.63, 3.8) is 0 Å². The third-order valence-corrected chi connectivity index (χ3v) is 3.95. The third-order valence-electron chi connectivity index (χ3n) is 3.95. The fourth-order valence-corrected chi connectivity index (χ4v) is 2.64. The van der Waals surface area contributed by atoms with Gasteiger partial charge in [-0.2, -0.15) is 8.78 Å². The molecular weight excluding hydrogens is 292 g/mol. The van der Waals surface area contributed by atoms with Crippen LogP contribution >= 0.6 is 0 Å². The standard InChI is InChI=1S/C16H21F2NO3/c1-2-22-14-6-4-3-5-13(14)16(17,18)15(21)19-9-7-12(11-20)8-10-19/h3-6,12,20H,2,7-11H2,1H3. The van der Waals surface area contributed by atoms with E-state index in [2.05, 4.69) is 0 Å². The number of likely N-dealkylation sites (tertiary alicyclic amines) is 1. The molecule has 4 nitrogen and oxygen atoms in total. The number of aliphatic hydroxyl groups is 1. The molecule has 0 atom stereocenters. The van der Waals surface area contributed by atoms with Gasteiger partial charge in [-0.15, -0.1) is 0 Å². The second kappa shape index (κ2) is 7.05. The zero-order chi connectivity index (χ0) is 16.2. The third kappa shape index (κ3) is 3.38. The highest BCUT2D eigenvalue weighted by molar-refractivity contribution is 5.85. The zero-order valence-electron chi connectivity index (χ0n) is 12.6. The lowest BCUT2D eigenvalue weighted by molar-refractivity contribution is -0.160. The summed E-state index contributed by atoms with van der Waals surface area (Å²) >= 11 is 0. The Balaban J connectivity index is 2.17. The quantitative estimate of drug-likeness (QED) is 0.908. The summed E-state index contributed by atoms with van der Waals surface area (Å²) in [6, 6.07) is 5.74. The van der Waals surface area contributed by atoms with Crippen LogP contribution < -0.4 is 4.74 Å². The lowest BCUT2D eigenvalue weighted by atomic mass is 9.96. The van der Waals surface area contributed by atoms with Crippen LogP contribution in [0.4, 0.5) is 8.78 Å². The Hall–Kier alpha value is -1.69. The number of carbonyl (C=O) groups excluding carboxylic acids is 1. The Labute approximate surface area is 128 Å². The predicted molar refractivity (Wildman–Crippen MR) is 77.9 cm³/mol. The Morgan fingerprint density at radius 1 is 1.36 bits per heavy atom. The predicted octanol–water partition coefficient (Wildman–Crippen LogP) is 2.41. The van der Waals surface area contributed by atoms with E-state index < -0.39 is 17.4 Å². The maximum absolute atomic E-state index is 14.6. The number of amides is 1. The summed E-state index contributed by atoms with van der Waals surface area (Å²) in [5.74, 6) is -4.68. The Morgan fingerprint density at radius 2 is 2.00 bits per heavy atom. The lowest BCUT2D eigenvalue weighted by Crippen LogP contribution is -2.46. The number of ether oxygens (including phenoxy) is 1. The summed E-state index contributed by atoms with van der Waals surface area (Å²) in [5, 5.41) is 9.08. The van der Waals surface area contributed by atoms with E-state index in [1.165, 1.54) is 23.1 Å². The van der Waals surface area contributed by atoms with Gasteiger partial charge in [-0.05, 0) is 37.8 Å². The molecule has 6 heteroatoms. The molecule has 0 bridgehead atoms. The van der Waals surface area contributed by atoms with Gasteiger partial charge >= 0.3 is 5.92 Å². The van der Waals surface area contributed by atoms with Crippen LogP contribution in [0.5, 0.6) is 5.75 Å². The maximum atomic E-state index is 14.6. The average molecular weight is 313 g/mol. The molecule has 0 saturated carbocycles. The Bertz CT molecular complexity index is 514. The highest BCUT2D eigenvalue weighted by atomic mass is 19.3.